The lowest BCUT2D eigenvalue weighted by Gasteiger charge is -2.21. The molecule has 0 aliphatic heterocycles. The van der Waals surface area contributed by atoms with Crippen LogP contribution in [0.3, 0.4) is 0 Å². The molecule has 4 nitrogen and oxygen atoms in total. The van der Waals surface area contributed by atoms with E-state index in [0.717, 1.165) is 79.4 Å². The minimum atomic E-state index is 0.615. The summed E-state index contributed by atoms with van der Waals surface area (Å²) in [6.07, 6.45) is 3.66. The zero-order valence-electron chi connectivity index (χ0n) is 25.2. The minimum absolute atomic E-state index is 0.615. The van der Waals surface area contributed by atoms with Crippen molar-refractivity contribution in [3.8, 4) is 34.1 Å². The Labute approximate surface area is 260 Å². The maximum absolute atomic E-state index is 6.41. The Balaban J connectivity index is 1.88. The summed E-state index contributed by atoms with van der Waals surface area (Å²) in [6, 6.07) is 29.2. The van der Waals surface area contributed by atoms with E-state index in [1.54, 1.807) is 23.5 Å². The lowest BCUT2D eigenvalue weighted by atomic mass is 10.0. The first-order chi connectivity index (χ1) is 20.7. The van der Waals surface area contributed by atoms with Gasteiger partial charge in [-0.2, -0.15) is 0 Å². The third-order valence-electron chi connectivity index (χ3n) is 6.17. The van der Waals surface area contributed by atoms with Crippen LogP contribution in [0, 0.1) is 0 Å². The summed E-state index contributed by atoms with van der Waals surface area (Å²) in [6.45, 7) is 11.0. The SMILES string of the molecule is CCCOc1cc(-c2cc(OCCC)c(Sc3ccccc3)cc2OCCC)c(OCCC)cc1Sc1ccccc1. The molecular weight excluding hydrogens is 561 g/mol. The highest BCUT2D eigenvalue weighted by molar-refractivity contribution is 7.99. The normalized spacial score (nSPS) is 10.9. The molecule has 0 radical (unpaired) electrons. The Bertz CT molecular complexity index is 1270. The molecule has 0 saturated carbocycles. The lowest BCUT2D eigenvalue weighted by molar-refractivity contribution is 0.300. The van der Waals surface area contributed by atoms with Gasteiger partial charge in [0, 0.05) is 20.9 Å². The second-order valence-corrected chi connectivity index (χ2v) is 12.0. The number of hydrogen-bond acceptors (Lipinski definition) is 6. The maximum Gasteiger partial charge on any atom is 0.134 e. The second-order valence-electron chi connectivity index (χ2n) is 9.81. The molecule has 4 aromatic rings. The molecule has 0 spiro atoms. The van der Waals surface area contributed by atoms with E-state index in [1.807, 2.05) is 12.1 Å². The van der Waals surface area contributed by atoms with Crippen LogP contribution in [0.2, 0.25) is 0 Å². The van der Waals surface area contributed by atoms with Crippen LogP contribution in [0.1, 0.15) is 53.4 Å². The predicted molar refractivity (Wildman–Crippen MR) is 176 cm³/mol. The summed E-state index contributed by atoms with van der Waals surface area (Å²) in [4.78, 5) is 4.36. The van der Waals surface area contributed by atoms with Crippen LogP contribution in [0.5, 0.6) is 23.0 Å². The fourth-order valence-corrected chi connectivity index (χ4v) is 6.07. The van der Waals surface area contributed by atoms with Gasteiger partial charge in [0.2, 0.25) is 0 Å². The average Bonchev–Trinajstić information content (AvgIpc) is 3.02. The highest BCUT2D eigenvalue weighted by Gasteiger charge is 2.21. The van der Waals surface area contributed by atoms with Crippen LogP contribution < -0.4 is 18.9 Å². The molecule has 0 heterocycles. The summed E-state index contributed by atoms with van der Waals surface area (Å²) in [5, 5.41) is 0. The molecule has 4 rings (SSSR count). The van der Waals surface area contributed by atoms with E-state index in [9.17, 15) is 0 Å². The van der Waals surface area contributed by atoms with Crippen LogP contribution in [-0.2, 0) is 0 Å². The Morgan fingerprint density at radius 1 is 0.429 bits per heavy atom. The Morgan fingerprint density at radius 2 is 0.762 bits per heavy atom. The van der Waals surface area contributed by atoms with Crippen molar-refractivity contribution in [3.63, 3.8) is 0 Å². The van der Waals surface area contributed by atoms with Crippen molar-refractivity contribution < 1.29 is 18.9 Å². The molecule has 0 aliphatic rings. The molecule has 6 heteroatoms. The van der Waals surface area contributed by atoms with Gasteiger partial charge in [0.25, 0.3) is 0 Å². The molecule has 0 unspecified atom stereocenters. The second kappa shape index (κ2) is 17.0. The number of rotatable bonds is 17. The standard InChI is InChI=1S/C36H42O4S2/c1-5-19-37-31-25-35(41-27-15-11-9-12-16-27)33(39-21-7-3)23-29(31)30-24-34(40-22-8-4)36(26-32(30)38-20-6-2)42-28-17-13-10-14-18-28/h9-18,23-26H,5-8,19-22H2,1-4H3. The van der Waals surface area contributed by atoms with Gasteiger partial charge in [-0.25, -0.2) is 0 Å². The zero-order valence-corrected chi connectivity index (χ0v) is 26.8. The van der Waals surface area contributed by atoms with Crippen LogP contribution in [-0.4, -0.2) is 26.4 Å². The largest absolute Gasteiger partial charge is 0.493 e. The van der Waals surface area contributed by atoms with Crippen molar-refractivity contribution in [1.29, 1.82) is 0 Å². The molecule has 222 valence electrons. The summed E-state index contributed by atoms with van der Waals surface area (Å²) in [7, 11) is 0. The number of hydrogen-bond donors (Lipinski definition) is 0. The Morgan fingerprint density at radius 3 is 1.10 bits per heavy atom. The summed E-state index contributed by atoms with van der Waals surface area (Å²) >= 11 is 3.38. The number of ether oxygens (including phenoxy) is 4. The van der Waals surface area contributed by atoms with Crippen LogP contribution in [0.25, 0.3) is 11.1 Å². The lowest BCUT2D eigenvalue weighted by Crippen LogP contribution is -2.04. The summed E-state index contributed by atoms with van der Waals surface area (Å²) in [5.74, 6) is 3.30. The van der Waals surface area contributed by atoms with Gasteiger partial charge < -0.3 is 18.9 Å². The van der Waals surface area contributed by atoms with Gasteiger partial charge in [0.1, 0.15) is 23.0 Å². The quantitative estimate of drug-likeness (QED) is 0.120. The fourth-order valence-electron chi connectivity index (χ4n) is 4.21. The van der Waals surface area contributed by atoms with Gasteiger partial charge in [-0.05, 0) is 74.2 Å². The monoisotopic (exact) mass is 602 g/mol. The number of benzene rings is 4. The molecule has 4 aromatic carbocycles. The average molecular weight is 603 g/mol. The van der Waals surface area contributed by atoms with Crippen molar-refractivity contribution in [1.82, 2.24) is 0 Å². The fraction of sp³-hybridized carbons (Fsp3) is 0.333. The third kappa shape index (κ3) is 8.89. The first kappa shape index (κ1) is 31.7. The van der Waals surface area contributed by atoms with E-state index in [1.165, 1.54) is 0 Å². The highest BCUT2D eigenvalue weighted by atomic mass is 32.2. The first-order valence-corrected chi connectivity index (χ1v) is 16.6. The van der Waals surface area contributed by atoms with E-state index < -0.39 is 0 Å². The van der Waals surface area contributed by atoms with Crippen LogP contribution >= 0.6 is 23.5 Å². The van der Waals surface area contributed by atoms with E-state index in [0.29, 0.717) is 26.4 Å². The summed E-state index contributed by atoms with van der Waals surface area (Å²) in [5.41, 5.74) is 1.88. The van der Waals surface area contributed by atoms with Gasteiger partial charge in [-0.1, -0.05) is 87.6 Å². The van der Waals surface area contributed by atoms with Gasteiger partial charge in [0.15, 0.2) is 0 Å². The van der Waals surface area contributed by atoms with Crippen molar-refractivity contribution in [3.05, 3.63) is 84.9 Å². The molecular formula is C36H42O4S2. The van der Waals surface area contributed by atoms with Crippen molar-refractivity contribution in [2.75, 3.05) is 26.4 Å². The van der Waals surface area contributed by atoms with Crippen LogP contribution in [0.15, 0.2) is 105 Å². The molecule has 0 fully saturated rings. The van der Waals surface area contributed by atoms with Crippen molar-refractivity contribution in [2.45, 2.75) is 73.0 Å². The minimum Gasteiger partial charge on any atom is -0.493 e. The molecule has 0 aromatic heterocycles. The molecule has 0 saturated heterocycles. The smallest absolute Gasteiger partial charge is 0.134 e. The van der Waals surface area contributed by atoms with Gasteiger partial charge in [-0.3, -0.25) is 0 Å². The third-order valence-corrected chi connectivity index (χ3v) is 8.26. The molecule has 42 heavy (non-hydrogen) atoms. The molecule has 0 bridgehead atoms. The molecule has 0 N–H and O–H groups in total. The topological polar surface area (TPSA) is 36.9 Å². The molecule has 0 atom stereocenters. The van der Waals surface area contributed by atoms with Crippen LogP contribution in [0.4, 0.5) is 0 Å². The maximum atomic E-state index is 6.41. The van der Waals surface area contributed by atoms with Gasteiger partial charge in [-0.15, -0.1) is 0 Å². The predicted octanol–water partition coefficient (Wildman–Crippen LogP) is 10.8. The van der Waals surface area contributed by atoms with E-state index in [2.05, 4.69) is 100 Å². The Kier molecular flexibility index (Phi) is 12.9. The van der Waals surface area contributed by atoms with Gasteiger partial charge >= 0.3 is 0 Å². The van der Waals surface area contributed by atoms with Crippen molar-refractivity contribution in [2.24, 2.45) is 0 Å². The highest BCUT2D eigenvalue weighted by Crippen LogP contribution is 2.49. The first-order valence-electron chi connectivity index (χ1n) is 15.0. The van der Waals surface area contributed by atoms with Crippen molar-refractivity contribution >= 4 is 23.5 Å². The van der Waals surface area contributed by atoms with E-state index >= 15 is 0 Å². The zero-order chi connectivity index (χ0) is 29.6. The van der Waals surface area contributed by atoms with E-state index in [-0.39, 0.29) is 0 Å². The Hall–Kier alpha value is -3.22. The molecule has 0 amide bonds. The summed E-state index contributed by atoms with van der Waals surface area (Å²) < 4.78 is 25.5. The molecule has 0 aliphatic carbocycles. The van der Waals surface area contributed by atoms with E-state index in [4.69, 9.17) is 18.9 Å². The van der Waals surface area contributed by atoms with Gasteiger partial charge in [0.05, 0.1) is 36.2 Å².